The second kappa shape index (κ2) is 5.31. The van der Waals surface area contributed by atoms with Crippen LogP contribution in [0.4, 0.5) is 0 Å². The lowest BCUT2D eigenvalue weighted by Gasteiger charge is -2.16. The van der Waals surface area contributed by atoms with Gasteiger partial charge in [-0.05, 0) is 51.9 Å². The van der Waals surface area contributed by atoms with Crippen molar-refractivity contribution in [1.29, 1.82) is 0 Å². The molecule has 1 aliphatic heterocycles. The van der Waals surface area contributed by atoms with E-state index < -0.39 is 6.10 Å². The van der Waals surface area contributed by atoms with Crippen molar-refractivity contribution in [2.75, 3.05) is 6.61 Å². The van der Waals surface area contributed by atoms with E-state index in [2.05, 4.69) is 22.6 Å². The smallest absolute Gasteiger partial charge is 0.128 e. The summed E-state index contributed by atoms with van der Waals surface area (Å²) in [4.78, 5) is 0. The van der Waals surface area contributed by atoms with Gasteiger partial charge in [-0.3, -0.25) is 0 Å². The molecule has 0 aromatic heterocycles. The molecule has 2 aromatic rings. The largest absolute Gasteiger partial charge is 0.493 e. The normalized spacial score (nSPS) is 14.9. The highest BCUT2D eigenvalue weighted by atomic mass is 127. The van der Waals surface area contributed by atoms with Crippen LogP contribution in [-0.2, 0) is 6.42 Å². The molecule has 1 heterocycles. The lowest BCUT2D eigenvalue weighted by Crippen LogP contribution is -2.04. The van der Waals surface area contributed by atoms with Gasteiger partial charge in [-0.2, -0.15) is 0 Å². The molecule has 2 aromatic carbocycles. The van der Waals surface area contributed by atoms with Crippen molar-refractivity contribution in [1.82, 2.24) is 0 Å². The van der Waals surface area contributed by atoms with Crippen molar-refractivity contribution < 1.29 is 9.84 Å². The molecule has 1 atom stereocenters. The fraction of sp³-hybridized carbons (Fsp3) is 0.200. The molecule has 0 saturated carbocycles. The predicted octanol–water partition coefficient (Wildman–Crippen LogP) is 3.96. The van der Waals surface area contributed by atoms with Gasteiger partial charge in [-0.25, -0.2) is 0 Å². The third kappa shape index (κ3) is 2.47. The Bertz CT molecular complexity index is 628. The van der Waals surface area contributed by atoms with Crippen LogP contribution in [0.25, 0.3) is 0 Å². The summed E-state index contributed by atoms with van der Waals surface area (Å²) in [5, 5.41) is 11.2. The van der Waals surface area contributed by atoms with Gasteiger partial charge in [0.05, 0.1) is 6.61 Å². The maximum absolute atomic E-state index is 10.6. The fourth-order valence-electron chi connectivity index (χ4n) is 2.35. The number of hydrogen-bond donors (Lipinski definition) is 1. The first kappa shape index (κ1) is 13.2. The van der Waals surface area contributed by atoms with E-state index in [-0.39, 0.29) is 0 Å². The Morgan fingerprint density at radius 1 is 1.21 bits per heavy atom. The minimum Gasteiger partial charge on any atom is -0.493 e. The standard InChI is InChI=1S/C15H12ClIO2/c16-10-4-5-13(17)12(8-10)14(18)11-3-1-2-9-6-7-19-15(9)11/h1-5,8,14,18H,6-7H2. The summed E-state index contributed by atoms with van der Waals surface area (Å²) >= 11 is 8.23. The van der Waals surface area contributed by atoms with E-state index in [1.54, 1.807) is 0 Å². The molecule has 98 valence electrons. The molecule has 1 unspecified atom stereocenters. The van der Waals surface area contributed by atoms with Crippen LogP contribution in [0.5, 0.6) is 5.75 Å². The molecule has 1 N–H and O–H groups in total. The van der Waals surface area contributed by atoms with Gasteiger partial charge >= 0.3 is 0 Å². The molecule has 0 bridgehead atoms. The van der Waals surface area contributed by atoms with Crippen molar-refractivity contribution in [2.24, 2.45) is 0 Å². The Balaban J connectivity index is 2.07. The van der Waals surface area contributed by atoms with Crippen LogP contribution in [0.3, 0.4) is 0 Å². The van der Waals surface area contributed by atoms with E-state index in [1.807, 2.05) is 36.4 Å². The summed E-state index contributed by atoms with van der Waals surface area (Å²) in [5.74, 6) is 0.825. The van der Waals surface area contributed by atoms with E-state index in [9.17, 15) is 5.11 Å². The van der Waals surface area contributed by atoms with Gasteiger partial charge in [-0.15, -0.1) is 0 Å². The molecule has 2 nitrogen and oxygen atoms in total. The quantitative estimate of drug-likeness (QED) is 0.792. The number of fused-ring (bicyclic) bond motifs is 1. The second-order valence-electron chi connectivity index (χ2n) is 4.50. The number of hydrogen-bond acceptors (Lipinski definition) is 2. The Morgan fingerprint density at radius 3 is 2.89 bits per heavy atom. The summed E-state index contributed by atoms with van der Waals surface area (Å²) in [6.45, 7) is 0.686. The summed E-state index contributed by atoms with van der Waals surface area (Å²) in [6.07, 6.45) is 0.196. The molecule has 19 heavy (non-hydrogen) atoms. The van der Waals surface area contributed by atoms with Crippen LogP contribution in [0, 0.1) is 3.57 Å². The van der Waals surface area contributed by atoms with Gasteiger partial charge in [0.2, 0.25) is 0 Å². The van der Waals surface area contributed by atoms with E-state index in [0.717, 1.165) is 32.4 Å². The van der Waals surface area contributed by atoms with Crippen molar-refractivity contribution in [2.45, 2.75) is 12.5 Å². The fourth-order valence-corrected chi connectivity index (χ4v) is 3.16. The highest BCUT2D eigenvalue weighted by Gasteiger charge is 2.23. The van der Waals surface area contributed by atoms with Gasteiger partial charge < -0.3 is 9.84 Å². The van der Waals surface area contributed by atoms with Crippen molar-refractivity contribution >= 4 is 34.2 Å². The first-order valence-corrected chi connectivity index (χ1v) is 7.50. The van der Waals surface area contributed by atoms with Crippen LogP contribution >= 0.6 is 34.2 Å². The zero-order valence-electron chi connectivity index (χ0n) is 10.1. The molecule has 0 radical (unpaired) electrons. The minimum atomic E-state index is -0.710. The molecule has 0 fully saturated rings. The topological polar surface area (TPSA) is 29.5 Å². The zero-order valence-corrected chi connectivity index (χ0v) is 13.0. The Labute approximate surface area is 130 Å². The number of benzene rings is 2. The maximum atomic E-state index is 10.6. The lowest BCUT2D eigenvalue weighted by molar-refractivity contribution is 0.213. The van der Waals surface area contributed by atoms with E-state index in [0.29, 0.717) is 11.6 Å². The van der Waals surface area contributed by atoms with Crippen LogP contribution in [0.1, 0.15) is 22.8 Å². The molecule has 0 saturated heterocycles. The zero-order chi connectivity index (χ0) is 13.4. The Hall–Kier alpha value is -0.780. The first-order valence-electron chi connectivity index (χ1n) is 6.04. The average molecular weight is 387 g/mol. The second-order valence-corrected chi connectivity index (χ2v) is 6.10. The number of ether oxygens (including phenoxy) is 1. The van der Waals surface area contributed by atoms with Crippen molar-refractivity contribution in [3.63, 3.8) is 0 Å². The summed E-state index contributed by atoms with van der Waals surface area (Å²) in [7, 11) is 0. The van der Waals surface area contributed by atoms with Gasteiger partial charge in [0.15, 0.2) is 0 Å². The van der Waals surface area contributed by atoms with Gasteiger partial charge in [0.1, 0.15) is 11.9 Å². The lowest BCUT2D eigenvalue weighted by atomic mass is 9.98. The number of aliphatic hydroxyl groups excluding tert-OH is 1. The van der Waals surface area contributed by atoms with E-state index in [1.165, 1.54) is 0 Å². The number of para-hydroxylation sites is 1. The number of halogens is 2. The van der Waals surface area contributed by atoms with Crippen molar-refractivity contribution in [3.05, 3.63) is 61.7 Å². The van der Waals surface area contributed by atoms with Crippen LogP contribution in [0.2, 0.25) is 5.02 Å². The molecule has 1 aliphatic rings. The average Bonchev–Trinajstić information content (AvgIpc) is 2.89. The number of aliphatic hydroxyl groups is 1. The SMILES string of the molecule is OC(c1cc(Cl)ccc1I)c1cccc2c1OCC2. The van der Waals surface area contributed by atoms with Gasteiger partial charge in [-0.1, -0.05) is 29.8 Å². The van der Waals surface area contributed by atoms with Gasteiger partial charge in [0, 0.05) is 20.6 Å². The van der Waals surface area contributed by atoms with Crippen LogP contribution < -0.4 is 4.74 Å². The maximum Gasteiger partial charge on any atom is 0.128 e. The van der Waals surface area contributed by atoms with E-state index in [4.69, 9.17) is 16.3 Å². The molecule has 0 amide bonds. The Kier molecular flexibility index (Phi) is 3.69. The minimum absolute atomic E-state index is 0.628. The van der Waals surface area contributed by atoms with Crippen molar-refractivity contribution in [3.8, 4) is 5.75 Å². The molecule has 0 spiro atoms. The molecule has 3 rings (SSSR count). The first-order chi connectivity index (χ1) is 9.16. The predicted molar refractivity (Wildman–Crippen MR) is 83.9 cm³/mol. The molecule has 0 aliphatic carbocycles. The third-order valence-corrected chi connectivity index (χ3v) is 4.51. The molecular formula is C15H12ClIO2. The summed E-state index contributed by atoms with van der Waals surface area (Å²) in [6, 6.07) is 11.5. The monoisotopic (exact) mass is 386 g/mol. The van der Waals surface area contributed by atoms with E-state index >= 15 is 0 Å². The highest BCUT2D eigenvalue weighted by Crippen LogP contribution is 2.37. The molecular weight excluding hydrogens is 375 g/mol. The number of rotatable bonds is 2. The van der Waals surface area contributed by atoms with Crippen LogP contribution in [-0.4, -0.2) is 11.7 Å². The summed E-state index contributed by atoms with van der Waals surface area (Å²) in [5.41, 5.74) is 2.79. The summed E-state index contributed by atoms with van der Waals surface area (Å²) < 4.78 is 6.64. The highest BCUT2D eigenvalue weighted by molar-refractivity contribution is 14.1. The van der Waals surface area contributed by atoms with Crippen LogP contribution in [0.15, 0.2) is 36.4 Å². The van der Waals surface area contributed by atoms with Gasteiger partial charge in [0.25, 0.3) is 0 Å². The molecule has 4 heteroatoms. The Morgan fingerprint density at radius 2 is 2.05 bits per heavy atom. The third-order valence-electron chi connectivity index (χ3n) is 3.29.